The molecule has 1 aromatic rings. The van der Waals surface area contributed by atoms with Gasteiger partial charge < -0.3 is 0 Å². The molecule has 0 N–H and O–H groups in total. The fourth-order valence-corrected chi connectivity index (χ4v) is 3.99. The highest BCUT2D eigenvalue weighted by molar-refractivity contribution is 9.09. The fourth-order valence-electron chi connectivity index (χ4n) is 1.93. The molecule has 2 rings (SSSR count). The lowest BCUT2D eigenvalue weighted by Gasteiger charge is -2.16. The molecule has 0 aliphatic carbocycles. The molecule has 0 aromatic heterocycles. The number of rotatable bonds is 3. The lowest BCUT2D eigenvalue weighted by Crippen LogP contribution is -2.38. The molecule has 4 nitrogen and oxygen atoms in total. The Bertz CT molecular complexity index is 631. The SMILES string of the molecule is Cc1ccc(S(=O)(=O)N2CC(CBr)C(F)(F)C2=O)cc1. The summed E-state index contributed by atoms with van der Waals surface area (Å²) in [5.41, 5.74) is 0.834. The monoisotopic (exact) mass is 367 g/mol. The zero-order chi connectivity index (χ0) is 15.1. The fraction of sp³-hybridized carbons (Fsp3) is 0.417. The third-order valence-electron chi connectivity index (χ3n) is 3.21. The summed E-state index contributed by atoms with van der Waals surface area (Å²) in [6, 6.07) is 5.70. The van der Waals surface area contributed by atoms with Crippen molar-refractivity contribution in [2.24, 2.45) is 5.92 Å². The number of halogens is 3. The molecular formula is C12H12BrF2NO3S. The van der Waals surface area contributed by atoms with E-state index in [1.807, 2.05) is 0 Å². The van der Waals surface area contributed by atoms with Crippen molar-refractivity contribution in [1.82, 2.24) is 4.31 Å². The molecule has 1 fully saturated rings. The standard InChI is InChI=1S/C12H12BrF2NO3S/c1-8-2-4-10(5-3-8)20(18,19)16-7-9(6-13)12(14,15)11(16)17/h2-5,9H,6-7H2,1H3. The number of carbonyl (C=O) groups is 1. The molecule has 0 spiro atoms. The third kappa shape index (κ3) is 2.35. The van der Waals surface area contributed by atoms with Crippen molar-refractivity contribution in [2.75, 3.05) is 11.9 Å². The van der Waals surface area contributed by atoms with Crippen molar-refractivity contribution in [1.29, 1.82) is 0 Å². The summed E-state index contributed by atoms with van der Waals surface area (Å²) in [6.45, 7) is 1.25. The topological polar surface area (TPSA) is 54.5 Å². The Morgan fingerprint density at radius 3 is 2.35 bits per heavy atom. The third-order valence-corrected chi connectivity index (χ3v) is 5.75. The van der Waals surface area contributed by atoms with Gasteiger partial charge in [-0.2, -0.15) is 8.78 Å². The van der Waals surface area contributed by atoms with Gasteiger partial charge in [-0.25, -0.2) is 12.7 Å². The lowest BCUT2D eigenvalue weighted by atomic mass is 10.1. The number of alkyl halides is 3. The zero-order valence-corrected chi connectivity index (χ0v) is 12.9. The zero-order valence-electron chi connectivity index (χ0n) is 10.5. The summed E-state index contributed by atoms with van der Waals surface area (Å²) in [5.74, 6) is -6.68. The molecule has 1 atom stereocenters. The highest BCUT2D eigenvalue weighted by Gasteiger charge is 2.59. The first-order chi connectivity index (χ1) is 9.21. The van der Waals surface area contributed by atoms with Gasteiger partial charge in [0.25, 0.3) is 10.0 Å². The maximum absolute atomic E-state index is 13.7. The summed E-state index contributed by atoms with van der Waals surface area (Å²) < 4.78 is 52.1. The largest absolute Gasteiger partial charge is 0.331 e. The maximum atomic E-state index is 13.7. The van der Waals surface area contributed by atoms with Gasteiger partial charge in [0.05, 0.1) is 10.8 Å². The number of amides is 1. The number of nitrogens with zero attached hydrogens (tertiary/aromatic N) is 1. The van der Waals surface area contributed by atoms with E-state index in [0.29, 0.717) is 0 Å². The molecule has 20 heavy (non-hydrogen) atoms. The van der Waals surface area contributed by atoms with E-state index >= 15 is 0 Å². The van der Waals surface area contributed by atoms with Gasteiger partial charge >= 0.3 is 11.8 Å². The Kier molecular flexibility index (Phi) is 3.90. The van der Waals surface area contributed by atoms with Gasteiger partial charge in [0.15, 0.2) is 0 Å². The minimum absolute atomic E-state index is 0.147. The number of aryl methyl sites for hydroxylation is 1. The molecule has 1 aliphatic heterocycles. The minimum Gasteiger partial charge on any atom is -0.267 e. The molecule has 1 saturated heterocycles. The van der Waals surface area contributed by atoms with Crippen LogP contribution in [0.15, 0.2) is 29.2 Å². The second kappa shape index (κ2) is 5.07. The quantitative estimate of drug-likeness (QED) is 0.769. The average molecular weight is 368 g/mol. The number of hydrogen-bond acceptors (Lipinski definition) is 3. The van der Waals surface area contributed by atoms with Gasteiger partial charge in [0.1, 0.15) is 0 Å². The summed E-state index contributed by atoms with van der Waals surface area (Å²) in [5, 5.41) is -0.147. The molecule has 1 aliphatic rings. The van der Waals surface area contributed by atoms with E-state index in [9.17, 15) is 22.0 Å². The van der Waals surface area contributed by atoms with Crippen LogP contribution in [0.25, 0.3) is 0 Å². The van der Waals surface area contributed by atoms with Gasteiger partial charge in [0.2, 0.25) is 0 Å². The van der Waals surface area contributed by atoms with Gasteiger partial charge in [-0.15, -0.1) is 0 Å². The first kappa shape index (κ1) is 15.4. The number of sulfonamides is 1. The van der Waals surface area contributed by atoms with Crippen molar-refractivity contribution >= 4 is 31.9 Å². The second-order valence-electron chi connectivity index (χ2n) is 4.63. The van der Waals surface area contributed by atoms with Crippen LogP contribution in [0, 0.1) is 12.8 Å². The van der Waals surface area contributed by atoms with Gasteiger partial charge in [0, 0.05) is 11.9 Å². The first-order valence-corrected chi connectivity index (χ1v) is 8.35. The molecule has 0 saturated carbocycles. The molecule has 110 valence electrons. The van der Waals surface area contributed by atoms with E-state index in [1.54, 1.807) is 19.1 Å². The number of carbonyl (C=O) groups excluding carboxylic acids is 1. The first-order valence-electron chi connectivity index (χ1n) is 5.79. The summed E-state index contributed by atoms with van der Waals surface area (Å²) >= 11 is 2.89. The molecule has 0 bridgehead atoms. The Morgan fingerprint density at radius 2 is 1.90 bits per heavy atom. The van der Waals surface area contributed by atoms with Crippen LogP contribution in [0.1, 0.15) is 5.56 Å². The Morgan fingerprint density at radius 1 is 1.35 bits per heavy atom. The van der Waals surface area contributed by atoms with E-state index in [0.717, 1.165) is 5.56 Å². The van der Waals surface area contributed by atoms with Crippen molar-refractivity contribution in [3.8, 4) is 0 Å². The van der Waals surface area contributed by atoms with Crippen molar-refractivity contribution in [2.45, 2.75) is 17.7 Å². The van der Waals surface area contributed by atoms with E-state index < -0.39 is 34.3 Å². The van der Waals surface area contributed by atoms with Crippen LogP contribution in [-0.2, 0) is 14.8 Å². The highest BCUT2D eigenvalue weighted by atomic mass is 79.9. The smallest absolute Gasteiger partial charge is 0.267 e. The summed E-state index contributed by atoms with van der Waals surface area (Å²) in [6.07, 6.45) is 0. The van der Waals surface area contributed by atoms with Crippen LogP contribution in [0.3, 0.4) is 0 Å². The van der Waals surface area contributed by atoms with Crippen LogP contribution in [0.5, 0.6) is 0 Å². The summed E-state index contributed by atoms with van der Waals surface area (Å²) in [4.78, 5) is 11.5. The van der Waals surface area contributed by atoms with Crippen LogP contribution >= 0.6 is 15.9 Å². The molecule has 1 unspecified atom stereocenters. The van der Waals surface area contributed by atoms with E-state index in [2.05, 4.69) is 15.9 Å². The average Bonchev–Trinajstić information content (AvgIpc) is 2.61. The molecular weight excluding hydrogens is 356 g/mol. The van der Waals surface area contributed by atoms with Gasteiger partial charge in [-0.1, -0.05) is 33.6 Å². The van der Waals surface area contributed by atoms with Gasteiger partial charge in [-0.05, 0) is 19.1 Å². The van der Waals surface area contributed by atoms with Crippen molar-refractivity contribution < 1.29 is 22.0 Å². The second-order valence-corrected chi connectivity index (χ2v) is 7.14. The van der Waals surface area contributed by atoms with Crippen molar-refractivity contribution in [3.63, 3.8) is 0 Å². The number of hydrogen-bond donors (Lipinski definition) is 0. The molecule has 8 heteroatoms. The summed E-state index contributed by atoms with van der Waals surface area (Å²) in [7, 11) is -4.24. The van der Waals surface area contributed by atoms with Crippen LogP contribution in [-0.4, -0.2) is 36.4 Å². The molecule has 1 heterocycles. The van der Waals surface area contributed by atoms with E-state index in [4.69, 9.17) is 0 Å². The van der Waals surface area contributed by atoms with E-state index in [1.165, 1.54) is 12.1 Å². The Balaban J connectivity index is 2.41. The normalized spacial score (nSPS) is 22.3. The van der Waals surface area contributed by atoms with Gasteiger partial charge in [-0.3, -0.25) is 4.79 Å². The van der Waals surface area contributed by atoms with E-state index in [-0.39, 0.29) is 14.5 Å². The predicted molar refractivity (Wildman–Crippen MR) is 72.3 cm³/mol. The predicted octanol–water partition coefficient (Wildman–Crippen LogP) is 2.17. The van der Waals surface area contributed by atoms with Crippen LogP contribution in [0.4, 0.5) is 8.78 Å². The lowest BCUT2D eigenvalue weighted by molar-refractivity contribution is -0.147. The highest BCUT2D eigenvalue weighted by Crippen LogP contribution is 2.38. The van der Waals surface area contributed by atoms with Crippen LogP contribution in [0.2, 0.25) is 0 Å². The molecule has 1 aromatic carbocycles. The van der Waals surface area contributed by atoms with Crippen LogP contribution < -0.4 is 0 Å². The number of benzene rings is 1. The van der Waals surface area contributed by atoms with Crippen molar-refractivity contribution in [3.05, 3.63) is 29.8 Å². The Hall–Kier alpha value is -1.02. The minimum atomic E-state index is -4.24. The molecule has 0 radical (unpaired) electrons. The maximum Gasteiger partial charge on any atom is 0.331 e. The molecule has 1 amide bonds. The Labute approximate surface area is 123 Å².